The molecule has 1 N–H and O–H groups in total. The van der Waals surface area contributed by atoms with Gasteiger partial charge in [0.15, 0.2) is 0 Å². The molecule has 0 aromatic heterocycles. The summed E-state index contributed by atoms with van der Waals surface area (Å²) in [4.78, 5) is 28.3. The van der Waals surface area contributed by atoms with Crippen molar-refractivity contribution in [1.82, 2.24) is 4.31 Å². The summed E-state index contributed by atoms with van der Waals surface area (Å²) < 4.78 is 39.2. The van der Waals surface area contributed by atoms with Gasteiger partial charge in [-0.05, 0) is 85.1 Å². The Bertz CT molecular complexity index is 1690. The number of methoxy groups -OCH3 is 1. The molecule has 1 aliphatic rings. The molecule has 5 rings (SSSR count). The van der Waals surface area contributed by atoms with E-state index in [9.17, 15) is 18.0 Å². The van der Waals surface area contributed by atoms with E-state index in [2.05, 4.69) is 5.32 Å². The zero-order valence-electron chi connectivity index (χ0n) is 24.0. The van der Waals surface area contributed by atoms with Crippen molar-refractivity contribution in [3.63, 3.8) is 0 Å². The zero-order valence-corrected chi connectivity index (χ0v) is 24.8. The summed E-state index contributed by atoms with van der Waals surface area (Å²) in [5.41, 5.74) is 3.44. The van der Waals surface area contributed by atoms with Gasteiger partial charge in [-0.25, -0.2) is 8.42 Å². The first kappa shape index (κ1) is 29.8. The van der Waals surface area contributed by atoms with Crippen LogP contribution in [0, 0.1) is 0 Å². The lowest BCUT2D eigenvalue weighted by molar-refractivity contribution is -0.116. The van der Waals surface area contributed by atoms with Crippen LogP contribution < -0.4 is 19.7 Å². The summed E-state index contributed by atoms with van der Waals surface area (Å²) in [5, 5.41) is 2.83. The fourth-order valence-electron chi connectivity index (χ4n) is 4.95. The highest BCUT2D eigenvalue weighted by atomic mass is 32.2. The van der Waals surface area contributed by atoms with Gasteiger partial charge < -0.3 is 19.7 Å². The van der Waals surface area contributed by atoms with E-state index >= 15 is 0 Å². The van der Waals surface area contributed by atoms with Gasteiger partial charge in [-0.15, -0.1) is 0 Å². The largest absolute Gasteiger partial charge is 0.497 e. The Morgan fingerprint density at radius 3 is 2.28 bits per heavy atom. The Labute approximate surface area is 251 Å². The summed E-state index contributed by atoms with van der Waals surface area (Å²) >= 11 is 0. The molecule has 1 aliphatic heterocycles. The molecule has 1 heterocycles. The molecular formula is C33H33N3O6S. The number of nitrogens with zero attached hydrogens (tertiary/aromatic N) is 2. The predicted octanol–water partition coefficient (Wildman–Crippen LogP) is 5.13. The second kappa shape index (κ2) is 13.1. The van der Waals surface area contributed by atoms with Gasteiger partial charge in [0.1, 0.15) is 11.5 Å². The number of benzene rings is 4. The third-order valence-corrected chi connectivity index (χ3v) is 8.95. The van der Waals surface area contributed by atoms with Crippen LogP contribution in [0.25, 0.3) is 0 Å². The van der Waals surface area contributed by atoms with Crippen molar-refractivity contribution in [2.24, 2.45) is 0 Å². The molecular weight excluding hydrogens is 566 g/mol. The van der Waals surface area contributed by atoms with Gasteiger partial charge >= 0.3 is 0 Å². The number of amides is 2. The summed E-state index contributed by atoms with van der Waals surface area (Å²) in [5.74, 6) is 0.566. The number of sulfonamides is 1. The number of hydrogen-bond acceptors (Lipinski definition) is 6. The van der Waals surface area contributed by atoms with Crippen LogP contribution in [0.2, 0.25) is 0 Å². The Kier molecular flexibility index (Phi) is 9.08. The number of anilines is 2. The monoisotopic (exact) mass is 599 g/mol. The number of nitrogens with one attached hydrogen (secondary N) is 1. The van der Waals surface area contributed by atoms with Gasteiger partial charge in [-0.2, -0.15) is 4.31 Å². The molecule has 0 saturated heterocycles. The molecule has 0 radical (unpaired) electrons. The number of ether oxygens (including phenoxy) is 2. The second-order valence-electron chi connectivity index (χ2n) is 9.99. The molecule has 0 saturated carbocycles. The summed E-state index contributed by atoms with van der Waals surface area (Å²) in [6.45, 7) is 2.43. The number of carbonyl (C=O) groups is 2. The van der Waals surface area contributed by atoms with Gasteiger partial charge in [0, 0.05) is 30.0 Å². The van der Waals surface area contributed by atoms with E-state index in [1.54, 1.807) is 60.5 Å². The molecule has 4 aromatic carbocycles. The van der Waals surface area contributed by atoms with Crippen LogP contribution in [0.15, 0.2) is 102 Å². The number of fused-ring (bicyclic) bond motifs is 1. The molecule has 222 valence electrons. The molecule has 2 amide bonds. The fourth-order valence-corrected chi connectivity index (χ4v) is 6.34. The van der Waals surface area contributed by atoms with Crippen molar-refractivity contribution in [3.8, 4) is 11.5 Å². The SMILES string of the molecule is CCOc1ccc(S(=O)(=O)N(CC(=O)Nc2ccc3c(c2)N(C(=O)c2ccc(OC)cc2)CC3)Cc2ccccc2)cc1. The molecule has 0 fully saturated rings. The Morgan fingerprint density at radius 1 is 0.907 bits per heavy atom. The van der Waals surface area contributed by atoms with E-state index < -0.39 is 22.5 Å². The van der Waals surface area contributed by atoms with Crippen LogP contribution in [0.3, 0.4) is 0 Å². The average Bonchev–Trinajstić information content (AvgIpc) is 3.44. The Balaban J connectivity index is 1.34. The van der Waals surface area contributed by atoms with E-state index in [4.69, 9.17) is 9.47 Å². The molecule has 0 atom stereocenters. The third-order valence-electron chi connectivity index (χ3n) is 7.14. The second-order valence-corrected chi connectivity index (χ2v) is 11.9. The van der Waals surface area contributed by atoms with Crippen LogP contribution in [-0.2, 0) is 27.8 Å². The Hall–Kier alpha value is -4.67. The van der Waals surface area contributed by atoms with Gasteiger partial charge in [-0.3, -0.25) is 9.59 Å². The first-order valence-electron chi connectivity index (χ1n) is 13.9. The molecule has 10 heteroatoms. The molecule has 0 bridgehead atoms. The molecule has 9 nitrogen and oxygen atoms in total. The van der Waals surface area contributed by atoms with Crippen molar-refractivity contribution in [2.75, 3.05) is 37.0 Å². The number of carbonyl (C=O) groups excluding carboxylic acids is 2. The van der Waals surface area contributed by atoms with Gasteiger partial charge in [0.2, 0.25) is 15.9 Å². The van der Waals surface area contributed by atoms with Crippen molar-refractivity contribution >= 4 is 33.2 Å². The van der Waals surface area contributed by atoms with Gasteiger partial charge in [-0.1, -0.05) is 36.4 Å². The lowest BCUT2D eigenvalue weighted by Crippen LogP contribution is -2.37. The predicted molar refractivity (Wildman–Crippen MR) is 165 cm³/mol. The van der Waals surface area contributed by atoms with Crippen LogP contribution >= 0.6 is 0 Å². The number of hydrogen-bond donors (Lipinski definition) is 1. The molecule has 0 unspecified atom stereocenters. The minimum atomic E-state index is -4.03. The standard InChI is InChI=1S/C33H33N3O6S/c1-3-42-29-15-17-30(18-16-29)43(39,40)35(22-24-7-5-4-6-8-24)23-32(37)34-27-12-9-25-19-20-36(31(25)21-27)33(38)26-10-13-28(41-2)14-11-26/h4-18,21H,3,19-20,22-23H2,1-2H3,(H,34,37). The van der Waals surface area contributed by atoms with Crippen molar-refractivity contribution < 1.29 is 27.5 Å². The van der Waals surface area contributed by atoms with Crippen LogP contribution in [-0.4, -0.2) is 51.3 Å². The smallest absolute Gasteiger partial charge is 0.258 e. The lowest BCUT2D eigenvalue weighted by atomic mass is 10.1. The first-order chi connectivity index (χ1) is 20.8. The summed E-state index contributed by atoms with van der Waals surface area (Å²) in [6, 6.07) is 27.6. The van der Waals surface area contributed by atoms with Crippen LogP contribution in [0.5, 0.6) is 11.5 Å². The zero-order chi connectivity index (χ0) is 30.4. The number of rotatable bonds is 11. The van der Waals surface area contributed by atoms with Crippen LogP contribution in [0.1, 0.15) is 28.4 Å². The van der Waals surface area contributed by atoms with E-state index in [1.807, 2.05) is 43.3 Å². The maximum absolute atomic E-state index is 13.7. The van der Waals surface area contributed by atoms with E-state index in [1.165, 1.54) is 12.1 Å². The van der Waals surface area contributed by atoms with Gasteiger partial charge in [0.05, 0.1) is 25.2 Å². The van der Waals surface area contributed by atoms with Crippen molar-refractivity contribution in [1.29, 1.82) is 0 Å². The highest BCUT2D eigenvalue weighted by Crippen LogP contribution is 2.32. The van der Waals surface area contributed by atoms with Crippen molar-refractivity contribution in [2.45, 2.75) is 24.8 Å². The molecule has 43 heavy (non-hydrogen) atoms. The summed E-state index contributed by atoms with van der Waals surface area (Å²) in [7, 11) is -2.46. The highest BCUT2D eigenvalue weighted by Gasteiger charge is 2.29. The first-order valence-corrected chi connectivity index (χ1v) is 15.4. The summed E-state index contributed by atoms with van der Waals surface area (Å²) in [6.07, 6.45) is 0.691. The topological polar surface area (TPSA) is 105 Å². The highest BCUT2D eigenvalue weighted by molar-refractivity contribution is 7.89. The fraction of sp³-hybridized carbons (Fsp3) is 0.212. The molecule has 0 aliphatic carbocycles. The quantitative estimate of drug-likeness (QED) is 0.256. The van der Waals surface area contributed by atoms with E-state index in [0.717, 1.165) is 15.4 Å². The van der Waals surface area contributed by atoms with Gasteiger partial charge in [0.25, 0.3) is 5.91 Å². The lowest BCUT2D eigenvalue weighted by Gasteiger charge is -2.22. The Morgan fingerprint density at radius 2 is 1.60 bits per heavy atom. The maximum Gasteiger partial charge on any atom is 0.258 e. The van der Waals surface area contributed by atoms with Crippen molar-refractivity contribution in [3.05, 3.63) is 114 Å². The minimum absolute atomic E-state index is 0.0120. The van der Waals surface area contributed by atoms with E-state index in [0.29, 0.717) is 48.0 Å². The maximum atomic E-state index is 13.7. The minimum Gasteiger partial charge on any atom is -0.497 e. The average molecular weight is 600 g/mol. The molecule has 0 spiro atoms. The normalized spacial score (nSPS) is 12.6. The third kappa shape index (κ3) is 6.87. The van der Waals surface area contributed by atoms with Crippen LogP contribution in [0.4, 0.5) is 11.4 Å². The van der Waals surface area contributed by atoms with E-state index in [-0.39, 0.29) is 17.3 Å². The molecule has 4 aromatic rings.